The summed E-state index contributed by atoms with van der Waals surface area (Å²) in [6, 6.07) is 13.7. The predicted molar refractivity (Wildman–Crippen MR) is 103 cm³/mol. The van der Waals surface area contributed by atoms with Crippen molar-refractivity contribution in [3.8, 4) is 0 Å². The number of benzene rings is 1. The third-order valence-electron chi connectivity index (χ3n) is 3.77. The van der Waals surface area contributed by atoms with E-state index >= 15 is 0 Å². The summed E-state index contributed by atoms with van der Waals surface area (Å²) in [4.78, 5) is 27.7. The molecule has 0 aliphatic carbocycles. The molecule has 1 aromatic carbocycles. The zero-order valence-corrected chi connectivity index (χ0v) is 15.3. The molecule has 0 bridgehead atoms. The first-order chi connectivity index (χ1) is 13.7. The second-order valence-electron chi connectivity index (χ2n) is 5.76. The number of rotatable bonds is 7. The zero-order chi connectivity index (χ0) is 19.8. The molecule has 0 saturated carbocycles. The molecule has 3 aromatic rings. The van der Waals surface area contributed by atoms with Gasteiger partial charge in [0.25, 0.3) is 5.91 Å². The number of pyridine rings is 1. The summed E-state index contributed by atoms with van der Waals surface area (Å²) in [5.41, 5.74) is 2.37. The van der Waals surface area contributed by atoms with Crippen molar-refractivity contribution in [1.82, 2.24) is 20.5 Å². The largest absolute Gasteiger partial charge is 0.462 e. The minimum Gasteiger partial charge on any atom is -0.462 e. The van der Waals surface area contributed by atoms with Gasteiger partial charge in [0, 0.05) is 24.6 Å². The van der Waals surface area contributed by atoms with Crippen LogP contribution in [0.2, 0.25) is 0 Å². The van der Waals surface area contributed by atoms with Gasteiger partial charge >= 0.3 is 5.97 Å². The maximum absolute atomic E-state index is 12.1. The van der Waals surface area contributed by atoms with E-state index in [9.17, 15) is 9.59 Å². The average molecular weight is 377 g/mol. The van der Waals surface area contributed by atoms with Gasteiger partial charge in [-0.2, -0.15) is 0 Å². The molecule has 0 aliphatic heterocycles. The minimum absolute atomic E-state index is 0.220. The lowest BCUT2D eigenvalue weighted by Gasteiger charge is -2.07. The molecular weight excluding hydrogens is 358 g/mol. The fraction of sp³-hybridized carbons (Fsp3) is 0.150. The lowest BCUT2D eigenvalue weighted by Crippen LogP contribution is -2.24. The van der Waals surface area contributed by atoms with Gasteiger partial charge in [-0.15, -0.1) is 10.2 Å². The summed E-state index contributed by atoms with van der Waals surface area (Å²) < 4.78 is 4.95. The average Bonchev–Trinajstić information content (AvgIpc) is 2.74. The van der Waals surface area contributed by atoms with Gasteiger partial charge < -0.3 is 15.4 Å². The highest BCUT2D eigenvalue weighted by atomic mass is 16.5. The lowest BCUT2D eigenvalue weighted by atomic mass is 10.2. The Bertz CT molecular complexity index is 928. The van der Waals surface area contributed by atoms with Crippen molar-refractivity contribution >= 4 is 23.4 Å². The zero-order valence-electron chi connectivity index (χ0n) is 15.3. The van der Waals surface area contributed by atoms with Crippen LogP contribution in [0.1, 0.15) is 33.3 Å². The van der Waals surface area contributed by atoms with Crippen molar-refractivity contribution in [2.45, 2.75) is 13.5 Å². The Morgan fingerprint density at radius 3 is 2.36 bits per heavy atom. The fourth-order valence-electron chi connectivity index (χ4n) is 2.35. The number of hydrogen-bond acceptors (Lipinski definition) is 7. The quantitative estimate of drug-likeness (QED) is 0.610. The maximum atomic E-state index is 12.1. The van der Waals surface area contributed by atoms with Gasteiger partial charge in [-0.25, -0.2) is 4.79 Å². The molecule has 28 heavy (non-hydrogen) atoms. The van der Waals surface area contributed by atoms with Crippen LogP contribution >= 0.6 is 0 Å². The monoisotopic (exact) mass is 377 g/mol. The number of esters is 1. The van der Waals surface area contributed by atoms with Crippen LogP contribution < -0.4 is 10.6 Å². The molecule has 142 valence electrons. The summed E-state index contributed by atoms with van der Waals surface area (Å²) in [6.07, 6.45) is 3.34. The predicted octanol–water partition coefficient (Wildman–Crippen LogP) is 2.72. The second-order valence-corrected chi connectivity index (χ2v) is 5.76. The van der Waals surface area contributed by atoms with Crippen LogP contribution in [0.4, 0.5) is 11.5 Å². The molecule has 1 amide bonds. The molecule has 0 fully saturated rings. The van der Waals surface area contributed by atoms with E-state index < -0.39 is 0 Å². The van der Waals surface area contributed by atoms with E-state index in [4.69, 9.17) is 4.74 Å². The number of nitrogens with zero attached hydrogens (tertiary/aromatic N) is 3. The number of aromatic nitrogens is 3. The standard InChI is InChI=1S/C20H19N5O3/c1-2-28-20(27)15-3-5-16(6-4-15)23-18-8-7-17(24-25-18)19(26)22-13-14-9-11-21-12-10-14/h3-12H,2,13H2,1H3,(H,22,26)(H,23,25). The molecule has 8 heteroatoms. The molecule has 0 saturated heterocycles. The molecular formula is C20H19N5O3. The molecule has 0 spiro atoms. The van der Waals surface area contributed by atoms with E-state index in [0.29, 0.717) is 24.5 Å². The van der Waals surface area contributed by atoms with E-state index in [-0.39, 0.29) is 17.6 Å². The Morgan fingerprint density at radius 1 is 0.964 bits per heavy atom. The van der Waals surface area contributed by atoms with Crippen LogP contribution in [0.15, 0.2) is 60.9 Å². The first kappa shape index (κ1) is 19.0. The van der Waals surface area contributed by atoms with Gasteiger partial charge in [-0.3, -0.25) is 9.78 Å². The summed E-state index contributed by atoms with van der Waals surface area (Å²) in [5, 5.41) is 13.8. The Labute approximate surface area is 162 Å². The normalized spacial score (nSPS) is 10.2. The van der Waals surface area contributed by atoms with Crippen LogP contribution in [0.3, 0.4) is 0 Å². The molecule has 3 rings (SSSR count). The summed E-state index contributed by atoms with van der Waals surface area (Å²) in [6.45, 7) is 2.47. The van der Waals surface area contributed by atoms with Crippen LogP contribution in [-0.2, 0) is 11.3 Å². The summed E-state index contributed by atoms with van der Waals surface area (Å²) >= 11 is 0. The molecule has 0 unspecified atom stereocenters. The number of hydrogen-bond donors (Lipinski definition) is 2. The second kappa shape index (κ2) is 9.22. The summed E-state index contributed by atoms with van der Waals surface area (Å²) in [5.74, 6) is -0.194. The number of amides is 1. The van der Waals surface area contributed by atoms with E-state index in [1.54, 1.807) is 55.7 Å². The van der Waals surface area contributed by atoms with Crippen LogP contribution in [0, 0.1) is 0 Å². The topological polar surface area (TPSA) is 106 Å². The highest BCUT2D eigenvalue weighted by Gasteiger charge is 2.09. The van der Waals surface area contributed by atoms with Crippen LogP contribution in [0.5, 0.6) is 0 Å². The van der Waals surface area contributed by atoms with Crippen molar-refractivity contribution in [2.75, 3.05) is 11.9 Å². The van der Waals surface area contributed by atoms with Crippen molar-refractivity contribution in [3.63, 3.8) is 0 Å². The van der Waals surface area contributed by atoms with Gasteiger partial charge in [-0.05, 0) is 61.0 Å². The number of ether oxygens (including phenoxy) is 1. The van der Waals surface area contributed by atoms with Crippen LogP contribution in [-0.4, -0.2) is 33.7 Å². The third kappa shape index (κ3) is 5.10. The molecule has 2 heterocycles. The minimum atomic E-state index is -0.365. The molecule has 0 atom stereocenters. The van der Waals surface area contributed by atoms with E-state index in [2.05, 4.69) is 25.8 Å². The van der Waals surface area contributed by atoms with Crippen molar-refractivity contribution in [3.05, 3.63) is 77.7 Å². The molecule has 2 N–H and O–H groups in total. The SMILES string of the molecule is CCOC(=O)c1ccc(Nc2ccc(C(=O)NCc3ccncc3)nn2)cc1. The van der Waals surface area contributed by atoms with Gasteiger partial charge in [-0.1, -0.05) is 0 Å². The molecule has 0 aliphatic rings. The first-order valence-electron chi connectivity index (χ1n) is 8.70. The van der Waals surface area contributed by atoms with Crippen molar-refractivity contribution in [1.29, 1.82) is 0 Å². The van der Waals surface area contributed by atoms with Crippen molar-refractivity contribution < 1.29 is 14.3 Å². The molecule has 2 aromatic heterocycles. The lowest BCUT2D eigenvalue weighted by molar-refractivity contribution is 0.0526. The number of carbonyl (C=O) groups excluding carboxylic acids is 2. The Kier molecular flexibility index (Phi) is 6.25. The van der Waals surface area contributed by atoms with Gasteiger partial charge in [0.15, 0.2) is 11.5 Å². The Balaban J connectivity index is 1.56. The van der Waals surface area contributed by atoms with Gasteiger partial charge in [0.2, 0.25) is 0 Å². The third-order valence-corrected chi connectivity index (χ3v) is 3.77. The highest BCUT2D eigenvalue weighted by Crippen LogP contribution is 2.15. The van der Waals surface area contributed by atoms with Gasteiger partial charge in [0.05, 0.1) is 12.2 Å². The smallest absolute Gasteiger partial charge is 0.338 e. The van der Waals surface area contributed by atoms with E-state index in [1.165, 1.54) is 0 Å². The Morgan fingerprint density at radius 2 is 1.71 bits per heavy atom. The number of nitrogens with one attached hydrogen (secondary N) is 2. The molecule has 8 nitrogen and oxygen atoms in total. The van der Waals surface area contributed by atoms with Crippen molar-refractivity contribution in [2.24, 2.45) is 0 Å². The highest BCUT2D eigenvalue weighted by molar-refractivity contribution is 5.92. The maximum Gasteiger partial charge on any atom is 0.338 e. The first-order valence-corrected chi connectivity index (χ1v) is 8.70. The van der Waals surface area contributed by atoms with Crippen LogP contribution in [0.25, 0.3) is 0 Å². The number of anilines is 2. The van der Waals surface area contributed by atoms with E-state index in [1.807, 2.05) is 12.1 Å². The summed E-state index contributed by atoms with van der Waals surface area (Å²) in [7, 11) is 0. The number of carbonyl (C=O) groups is 2. The molecule has 0 radical (unpaired) electrons. The Hall–Kier alpha value is -3.81. The van der Waals surface area contributed by atoms with E-state index in [0.717, 1.165) is 11.3 Å². The fourth-order valence-corrected chi connectivity index (χ4v) is 2.35. The van der Waals surface area contributed by atoms with Gasteiger partial charge in [0.1, 0.15) is 0 Å².